The summed E-state index contributed by atoms with van der Waals surface area (Å²) in [5, 5.41) is 3.15. The van der Waals surface area contributed by atoms with Gasteiger partial charge in [0.25, 0.3) is 0 Å². The molecule has 0 aliphatic heterocycles. The molecule has 134 valence electrons. The highest BCUT2D eigenvalue weighted by Crippen LogP contribution is 2.25. The first-order chi connectivity index (χ1) is 11.7. The molecule has 0 radical (unpaired) electrons. The summed E-state index contributed by atoms with van der Waals surface area (Å²) in [7, 11) is -2.49. The number of amides is 1. The van der Waals surface area contributed by atoms with E-state index in [0.717, 1.165) is 10.4 Å². The molecule has 5 nitrogen and oxygen atoms in total. The van der Waals surface area contributed by atoms with Crippen LogP contribution in [0.25, 0.3) is 0 Å². The van der Waals surface area contributed by atoms with Crippen LogP contribution < -0.4 is 5.32 Å². The molecule has 2 aromatic rings. The second-order valence-electron chi connectivity index (χ2n) is 5.32. The predicted octanol–water partition coefficient (Wildman–Crippen LogP) is 3.53. The van der Waals surface area contributed by atoms with Gasteiger partial charge in [-0.1, -0.05) is 35.3 Å². The van der Waals surface area contributed by atoms with E-state index in [1.165, 1.54) is 37.4 Å². The van der Waals surface area contributed by atoms with Crippen molar-refractivity contribution in [3.8, 4) is 0 Å². The van der Waals surface area contributed by atoms with Gasteiger partial charge in [-0.25, -0.2) is 12.8 Å². The van der Waals surface area contributed by atoms with Gasteiger partial charge in [0, 0.05) is 12.7 Å². The third kappa shape index (κ3) is 5.67. The second-order valence-corrected chi connectivity index (χ2v) is 8.21. The minimum atomic E-state index is -3.77. The Morgan fingerprint density at radius 3 is 2.52 bits per heavy atom. The fourth-order valence-electron chi connectivity index (χ4n) is 2.02. The van der Waals surface area contributed by atoms with Crippen LogP contribution in [0.2, 0.25) is 10.0 Å². The summed E-state index contributed by atoms with van der Waals surface area (Å²) in [6.07, 6.45) is 0. The average Bonchev–Trinajstić information content (AvgIpc) is 2.50. The summed E-state index contributed by atoms with van der Waals surface area (Å²) in [5.41, 5.74) is 0.701. The number of sulfonamides is 1. The van der Waals surface area contributed by atoms with E-state index in [1.54, 1.807) is 6.07 Å². The fraction of sp³-hybridized carbons (Fsp3) is 0.188. The Kier molecular flexibility index (Phi) is 6.40. The number of rotatable bonds is 6. The molecule has 0 aliphatic rings. The van der Waals surface area contributed by atoms with Crippen molar-refractivity contribution in [2.24, 2.45) is 0 Å². The largest absolute Gasteiger partial charge is 0.325 e. The highest BCUT2D eigenvalue weighted by Gasteiger charge is 2.21. The van der Waals surface area contributed by atoms with E-state index in [1.807, 2.05) is 0 Å². The lowest BCUT2D eigenvalue weighted by Crippen LogP contribution is -2.35. The van der Waals surface area contributed by atoms with E-state index in [4.69, 9.17) is 23.2 Å². The van der Waals surface area contributed by atoms with Gasteiger partial charge >= 0.3 is 0 Å². The van der Waals surface area contributed by atoms with Crippen LogP contribution in [-0.2, 0) is 20.6 Å². The number of nitrogens with one attached hydrogen (secondary N) is 1. The molecular weight excluding hydrogens is 390 g/mol. The van der Waals surface area contributed by atoms with Gasteiger partial charge in [-0.05, 0) is 35.9 Å². The van der Waals surface area contributed by atoms with Crippen LogP contribution in [0.5, 0.6) is 0 Å². The number of anilines is 1. The van der Waals surface area contributed by atoms with Crippen LogP contribution in [0.4, 0.5) is 10.1 Å². The van der Waals surface area contributed by atoms with E-state index in [-0.39, 0.29) is 5.02 Å². The SMILES string of the molecule is CN(CC(=O)Nc1ccc(Cl)c(Cl)c1)S(=O)(=O)Cc1cccc(F)c1. The van der Waals surface area contributed by atoms with Gasteiger partial charge in [-0.2, -0.15) is 4.31 Å². The third-order valence-electron chi connectivity index (χ3n) is 3.28. The number of nitrogens with zero attached hydrogens (tertiary/aromatic N) is 1. The molecule has 0 aliphatic carbocycles. The maximum atomic E-state index is 13.2. The molecule has 0 atom stereocenters. The molecule has 0 heterocycles. The Morgan fingerprint density at radius 1 is 1.16 bits per heavy atom. The zero-order valence-corrected chi connectivity index (χ0v) is 15.5. The number of likely N-dealkylation sites (N-methyl/N-ethyl adjacent to an activating group) is 1. The van der Waals surface area contributed by atoms with Crippen molar-refractivity contribution in [3.63, 3.8) is 0 Å². The molecule has 0 aromatic heterocycles. The van der Waals surface area contributed by atoms with Gasteiger partial charge in [0.2, 0.25) is 15.9 Å². The van der Waals surface area contributed by atoms with Gasteiger partial charge in [-0.15, -0.1) is 0 Å². The molecule has 0 saturated heterocycles. The number of halogens is 3. The van der Waals surface area contributed by atoms with Crippen molar-refractivity contribution in [3.05, 3.63) is 63.9 Å². The number of benzene rings is 2. The summed E-state index contributed by atoms with van der Waals surface area (Å²) in [4.78, 5) is 12.0. The van der Waals surface area contributed by atoms with Crippen LogP contribution in [0, 0.1) is 5.82 Å². The van der Waals surface area contributed by atoms with E-state index in [2.05, 4.69) is 5.32 Å². The minimum absolute atomic E-state index is 0.270. The first-order valence-corrected chi connectivity index (χ1v) is 9.47. The molecular formula is C16H15Cl2FN2O3S. The summed E-state index contributed by atoms with van der Waals surface area (Å²) < 4.78 is 38.6. The van der Waals surface area contributed by atoms with Gasteiger partial charge < -0.3 is 5.32 Å². The summed E-state index contributed by atoms with van der Waals surface area (Å²) in [6.45, 7) is -0.391. The highest BCUT2D eigenvalue weighted by atomic mass is 35.5. The van der Waals surface area contributed by atoms with Crippen LogP contribution >= 0.6 is 23.2 Å². The maximum Gasteiger partial charge on any atom is 0.239 e. The molecule has 2 aromatic carbocycles. The Labute approximate surface area is 155 Å². The van der Waals surface area contributed by atoms with E-state index < -0.39 is 34.0 Å². The van der Waals surface area contributed by atoms with Crippen LogP contribution in [0.15, 0.2) is 42.5 Å². The molecule has 0 bridgehead atoms. The standard InChI is InChI=1S/C16H15Cl2FN2O3S/c1-21(25(23,24)10-11-3-2-4-12(19)7-11)9-16(22)20-13-5-6-14(17)15(18)8-13/h2-8H,9-10H2,1H3,(H,20,22). The molecule has 0 spiro atoms. The Bertz CT molecular complexity index is 891. The lowest BCUT2D eigenvalue weighted by atomic mass is 10.2. The Morgan fingerprint density at radius 2 is 1.88 bits per heavy atom. The topological polar surface area (TPSA) is 66.5 Å². The Hall–Kier alpha value is -1.67. The van der Waals surface area contributed by atoms with Crippen LogP contribution in [0.1, 0.15) is 5.56 Å². The normalized spacial score (nSPS) is 11.6. The summed E-state index contributed by atoms with van der Waals surface area (Å²) in [5.74, 6) is -1.46. The van der Waals surface area contributed by atoms with Gasteiger partial charge in [0.1, 0.15) is 5.82 Å². The molecule has 2 rings (SSSR count). The highest BCUT2D eigenvalue weighted by molar-refractivity contribution is 7.88. The fourth-order valence-corrected chi connectivity index (χ4v) is 3.46. The first-order valence-electron chi connectivity index (χ1n) is 7.11. The van der Waals surface area contributed by atoms with Gasteiger partial charge in [-0.3, -0.25) is 4.79 Å². The maximum absolute atomic E-state index is 13.2. The van der Waals surface area contributed by atoms with E-state index in [0.29, 0.717) is 16.3 Å². The Balaban J connectivity index is 2.00. The lowest BCUT2D eigenvalue weighted by Gasteiger charge is -2.17. The molecule has 25 heavy (non-hydrogen) atoms. The summed E-state index contributed by atoms with van der Waals surface area (Å²) in [6, 6.07) is 9.83. The van der Waals surface area contributed by atoms with Gasteiger partial charge in [0.15, 0.2) is 0 Å². The molecule has 1 amide bonds. The van der Waals surface area contributed by atoms with Crippen molar-refractivity contribution < 1.29 is 17.6 Å². The van der Waals surface area contributed by atoms with Crippen molar-refractivity contribution >= 4 is 44.8 Å². The summed E-state index contributed by atoms with van der Waals surface area (Å²) >= 11 is 11.6. The van der Waals surface area contributed by atoms with Crippen LogP contribution in [-0.4, -0.2) is 32.2 Å². The number of hydrogen-bond acceptors (Lipinski definition) is 3. The average molecular weight is 405 g/mol. The van der Waals surface area contributed by atoms with Crippen molar-refractivity contribution in [1.29, 1.82) is 0 Å². The minimum Gasteiger partial charge on any atom is -0.325 e. The van der Waals surface area contributed by atoms with Crippen molar-refractivity contribution in [2.75, 3.05) is 18.9 Å². The molecule has 0 unspecified atom stereocenters. The third-order valence-corrected chi connectivity index (χ3v) is 5.80. The first kappa shape index (κ1) is 19.7. The number of carbonyl (C=O) groups excluding carboxylic acids is 1. The van der Waals surface area contributed by atoms with Crippen molar-refractivity contribution in [2.45, 2.75) is 5.75 Å². The monoisotopic (exact) mass is 404 g/mol. The van der Waals surface area contributed by atoms with Crippen LogP contribution in [0.3, 0.4) is 0 Å². The predicted molar refractivity (Wildman–Crippen MR) is 96.7 cm³/mol. The van der Waals surface area contributed by atoms with E-state index >= 15 is 0 Å². The van der Waals surface area contributed by atoms with E-state index in [9.17, 15) is 17.6 Å². The number of carbonyl (C=O) groups is 1. The smallest absolute Gasteiger partial charge is 0.239 e. The number of hydrogen-bond donors (Lipinski definition) is 1. The zero-order valence-electron chi connectivity index (χ0n) is 13.2. The second kappa shape index (κ2) is 8.14. The van der Waals surface area contributed by atoms with Crippen molar-refractivity contribution in [1.82, 2.24) is 4.31 Å². The molecule has 1 N–H and O–H groups in total. The van der Waals surface area contributed by atoms with Gasteiger partial charge in [0.05, 0.1) is 22.3 Å². The quantitative estimate of drug-likeness (QED) is 0.800. The zero-order chi connectivity index (χ0) is 18.6. The molecule has 0 fully saturated rings. The molecule has 0 saturated carbocycles. The lowest BCUT2D eigenvalue weighted by molar-refractivity contribution is -0.116. The molecule has 9 heteroatoms.